The highest BCUT2D eigenvalue weighted by atomic mass is 16.6. The Morgan fingerprint density at radius 3 is 2.76 bits per heavy atom. The highest BCUT2D eigenvalue weighted by molar-refractivity contribution is 5.40. The SMILES string of the molecule is COc1ccc(CN(C)[C@H]2C[C@@H]3[C@H]2C[C@H]2O[C@@H]32)c(OC)c1. The third kappa shape index (κ3) is 2.12. The van der Waals surface area contributed by atoms with Crippen LogP contribution in [0, 0.1) is 11.8 Å². The molecule has 0 aromatic heterocycles. The molecule has 2 saturated carbocycles. The molecular weight excluding hydrogens is 266 g/mol. The standard InChI is InChI=1S/C17H23NO3/c1-18(14-7-13-12(14)8-16-17(13)21-16)9-10-4-5-11(19-2)6-15(10)20-3/h4-6,12-14,16-17H,7-9H2,1-3H3/t12-,13-,14+,16-,17+/m1/s1. The molecule has 5 atom stereocenters. The monoisotopic (exact) mass is 289 g/mol. The topological polar surface area (TPSA) is 34.2 Å². The molecule has 0 radical (unpaired) electrons. The van der Waals surface area contributed by atoms with E-state index in [1.807, 2.05) is 12.1 Å². The van der Waals surface area contributed by atoms with Crippen LogP contribution in [0.1, 0.15) is 18.4 Å². The van der Waals surface area contributed by atoms with E-state index in [4.69, 9.17) is 14.2 Å². The van der Waals surface area contributed by atoms with Crippen LogP contribution in [0.3, 0.4) is 0 Å². The normalized spacial score (nSPS) is 35.9. The lowest BCUT2D eigenvalue weighted by Crippen LogP contribution is -2.50. The summed E-state index contributed by atoms with van der Waals surface area (Å²) in [5.41, 5.74) is 1.23. The zero-order chi connectivity index (χ0) is 14.6. The first-order valence-electron chi connectivity index (χ1n) is 7.78. The first-order chi connectivity index (χ1) is 10.2. The number of rotatable bonds is 5. The molecule has 3 aliphatic rings. The molecule has 2 aliphatic carbocycles. The number of benzene rings is 1. The second-order valence-electron chi connectivity index (χ2n) is 6.60. The number of hydrogen-bond acceptors (Lipinski definition) is 4. The van der Waals surface area contributed by atoms with Gasteiger partial charge in [0, 0.05) is 24.2 Å². The number of fused-ring (bicyclic) bond motifs is 3. The van der Waals surface area contributed by atoms with Crippen molar-refractivity contribution in [1.82, 2.24) is 4.90 Å². The van der Waals surface area contributed by atoms with E-state index in [-0.39, 0.29) is 0 Å². The van der Waals surface area contributed by atoms with Gasteiger partial charge in [-0.15, -0.1) is 0 Å². The van der Waals surface area contributed by atoms with Crippen LogP contribution in [-0.2, 0) is 11.3 Å². The Balaban J connectivity index is 1.43. The van der Waals surface area contributed by atoms with Crippen molar-refractivity contribution < 1.29 is 14.2 Å². The molecule has 4 heteroatoms. The average Bonchev–Trinajstić information content (AvgIpc) is 3.17. The van der Waals surface area contributed by atoms with E-state index in [0.717, 1.165) is 29.9 Å². The molecule has 0 spiro atoms. The Hall–Kier alpha value is -1.26. The molecule has 1 aliphatic heterocycles. The van der Waals surface area contributed by atoms with Gasteiger partial charge in [-0.05, 0) is 37.8 Å². The van der Waals surface area contributed by atoms with E-state index >= 15 is 0 Å². The maximum atomic E-state index is 5.64. The van der Waals surface area contributed by atoms with E-state index < -0.39 is 0 Å². The van der Waals surface area contributed by atoms with Crippen molar-refractivity contribution in [3.63, 3.8) is 0 Å². The first kappa shape index (κ1) is 13.4. The van der Waals surface area contributed by atoms with E-state index in [1.165, 1.54) is 18.4 Å². The Morgan fingerprint density at radius 1 is 1.19 bits per heavy atom. The Bertz CT molecular complexity index is 547. The molecule has 1 heterocycles. The summed E-state index contributed by atoms with van der Waals surface area (Å²) in [6.45, 7) is 0.928. The predicted molar refractivity (Wildman–Crippen MR) is 79.7 cm³/mol. The van der Waals surface area contributed by atoms with Gasteiger partial charge in [-0.1, -0.05) is 6.07 Å². The Morgan fingerprint density at radius 2 is 2.05 bits per heavy atom. The van der Waals surface area contributed by atoms with Crippen molar-refractivity contribution >= 4 is 0 Å². The largest absolute Gasteiger partial charge is 0.497 e. The maximum Gasteiger partial charge on any atom is 0.127 e. The predicted octanol–water partition coefficient (Wildman–Crippen LogP) is 2.31. The van der Waals surface area contributed by atoms with Crippen molar-refractivity contribution in [1.29, 1.82) is 0 Å². The van der Waals surface area contributed by atoms with Crippen molar-refractivity contribution in [2.75, 3.05) is 21.3 Å². The quantitative estimate of drug-likeness (QED) is 0.779. The average molecular weight is 289 g/mol. The zero-order valence-corrected chi connectivity index (χ0v) is 12.9. The second kappa shape index (κ2) is 4.89. The molecule has 0 N–H and O–H groups in total. The third-order valence-corrected chi connectivity index (χ3v) is 5.59. The Kier molecular flexibility index (Phi) is 3.12. The highest BCUT2D eigenvalue weighted by Gasteiger charge is 2.63. The fourth-order valence-corrected chi connectivity index (χ4v) is 4.29. The molecule has 4 nitrogen and oxygen atoms in total. The van der Waals surface area contributed by atoms with Crippen LogP contribution in [0.25, 0.3) is 0 Å². The zero-order valence-electron chi connectivity index (χ0n) is 12.9. The number of nitrogens with zero attached hydrogens (tertiary/aromatic N) is 1. The number of hydrogen-bond donors (Lipinski definition) is 0. The van der Waals surface area contributed by atoms with Crippen molar-refractivity contribution in [2.24, 2.45) is 11.8 Å². The van der Waals surface area contributed by atoms with Crippen molar-refractivity contribution in [3.05, 3.63) is 23.8 Å². The molecule has 3 fully saturated rings. The molecule has 0 unspecified atom stereocenters. The van der Waals surface area contributed by atoms with Gasteiger partial charge in [0.15, 0.2) is 0 Å². The number of ether oxygens (including phenoxy) is 3. The fraction of sp³-hybridized carbons (Fsp3) is 0.647. The summed E-state index contributed by atoms with van der Waals surface area (Å²) in [5, 5.41) is 0. The maximum absolute atomic E-state index is 5.64. The molecule has 1 aromatic rings. The van der Waals surface area contributed by atoms with Gasteiger partial charge in [0.05, 0.1) is 26.4 Å². The molecule has 4 rings (SSSR count). The number of methoxy groups -OCH3 is 2. The lowest BCUT2D eigenvalue weighted by molar-refractivity contribution is -0.00506. The Labute approximate surface area is 126 Å². The summed E-state index contributed by atoms with van der Waals surface area (Å²) in [5.74, 6) is 3.44. The number of epoxide rings is 1. The summed E-state index contributed by atoms with van der Waals surface area (Å²) in [6, 6.07) is 6.79. The fourth-order valence-electron chi connectivity index (χ4n) is 4.29. The van der Waals surface area contributed by atoms with Gasteiger partial charge in [0.2, 0.25) is 0 Å². The summed E-state index contributed by atoms with van der Waals surface area (Å²) in [6.07, 6.45) is 3.76. The van der Waals surface area contributed by atoms with Crippen molar-refractivity contribution in [3.8, 4) is 11.5 Å². The van der Waals surface area contributed by atoms with Crippen LogP contribution in [0.15, 0.2) is 18.2 Å². The smallest absolute Gasteiger partial charge is 0.127 e. The van der Waals surface area contributed by atoms with Crippen molar-refractivity contribution in [2.45, 2.75) is 37.6 Å². The van der Waals surface area contributed by atoms with Gasteiger partial charge in [-0.3, -0.25) is 4.90 Å². The van der Waals surface area contributed by atoms with Crippen LogP contribution in [0.4, 0.5) is 0 Å². The summed E-state index contributed by atoms with van der Waals surface area (Å²) >= 11 is 0. The van der Waals surface area contributed by atoms with Crippen LogP contribution in [-0.4, -0.2) is 44.4 Å². The molecular formula is C17H23NO3. The van der Waals surface area contributed by atoms with E-state index in [1.54, 1.807) is 14.2 Å². The van der Waals surface area contributed by atoms with Gasteiger partial charge >= 0.3 is 0 Å². The minimum absolute atomic E-state index is 0.592. The van der Waals surface area contributed by atoms with Gasteiger partial charge in [0.1, 0.15) is 11.5 Å². The lowest BCUT2D eigenvalue weighted by atomic mass is 9.70. The molecule has 114 valence electrons. The molecule has 21 heavy (non-hydrogen) atoms. The third-order valence-electron chi connectivity index (χ3n) is 5.59. The van der Waals surface area contributed by atoms with Gasteiger partial charge in [0.25, 0.3) is 0 Å². The van der Waals surface area contributed by atoms with Crippen LogP contribution < -0.4 is 9.47 Å². The highest BCUT2D eigenvalue weighted by Crippen LogP contribution is 2.58. The minimum atomic E-state index is 0.592. The lowest BCUT2D eigenvalue weighted by Gasteiger charge is -2.46. The van der Waals surface area contributed by atoms with E-state index in [9.17, 15) is 0 Å². The van der Waals surface area contributed by atoms with E-state index in [2.05, 4.69) is 18.0 Å². The molecule has 0 amide bonds. The van der Waals surface area contributed by atoms with E-state index in [0.29, 0.717) is 18.2 Å². The van der Waals surface area contributed by atoms with Gasteiger partial charge in [-0.25, -0.2) is 0 Å². The molecule has 1 saturated heterocycles. The van der Waals surface area contributed by atoms with Gasteiger partial charge in [-0.2, -0.15) is 0 Å². The van der Waals surface area contributed by atoms with Crippen LogP contribution in [0.5, 0.6) is 11.5 Å². The van der Waals surface area contributed by atoms with Crippen LogP contribution in [0.2, 0.25) is 0 Å². The second-order valence-corrected chi connectivity index (χ2v) is 6.60. The summed E-state index contributed by atoms with van der Waals surface area (Å²) in [4.78, 5) is 2.48. The minimum Gasteiger partial charge on any atom is -0.497 e. The summed E-state index contributed by atoms with van der Waals surface area (Å²) in [7, 11) is 5.64. The van der Waals surface area contributed by atoms with Crippen LogP contribution >= 0.6 is 0 Å². The molecule has 0 bridgehead atoms. The summed E-state index contributed by atoms with van der Waals surface area (Å²) < 4.78 is 16.4. The first-order valence-corrected chi connectivity index (χ1v) is 7.78. The molecule has 1 aromatic carbocycles. The van der Waals surface area contributed by atoms with Gasteiger partial charge < -0.3 is 14.2 Å².